The summed E-state index contributed by atoms with van der Waals surface area (Å²) in [7, 11) is 0. The summed E-state index contributed by atoms with van der Waals surface area (Å²) in [5, 5.41) is 13.7. The van der Waals surface area contributed by atoms with Gasteiger partial charge in [-0.25, -0.2) is 0 Å². The van der Waals surface area contributed by atoms with E-state index >= 15 is 0 Å². The van der Waals surface area contributed by atoms with Crippen LogP contribution in [0.2, 0.25) is 0 Å². The highest BCUT2D eigenvalue weighted by atomic mass is 16.6. The first kappa shape index (κ1) is 17.1. The van der Waals surface area contributed by atoms with E-state index in [4.69, 9.17) is 0 Å². The summed E-state index contributed by atoms with van der Waals surface area (Å²) >= 11 is 0. The molecule has 1 N–H and O–H groups in total. The van der Waals surface area contributed by atoms with Gasteiger partial charge in [-0.2, -0.15) is 0 Å². The van der Waals surface area contributed by atoms with E-state index in [9.17, 15) is 14.9 Å². The topological polar surface area (TPSA) is 72.2 Å². The molecule has 0 bridgehead atoms. The van der Waals surface area contributed by atoms with Crippen molar-refractivity contribution in [2.24, 2.45) is 0 Å². The Morgan fingerprint density at radius 2 is 1.38 bits per heavy atom. The van der Waals surface area contributed by atoms with Crippen molar-refractivity contribution < 1.29 is 9.72 Å². The number of para-hydroxylation sites is 1. The van der Waals surface area contributed by atoms with Gasteiger partial charge >= 0.3 is 0 Å². The van der Waals surface area contributed by atoms with Gasteiger partial charge in [0.05, 0.1) is 4.92 Å². The monoisotopic (exact) mass is 344 g/mol. The Morgan fingerprint density at radius 1 is 0.808 bits per heavy atom. The third kappa shape index (κ3) is 4.21. The fourth-order valence-electron chi connectivity index (χ4n) is 2.46. The van der Waals surface area contributed by atoms with Crippen LogP contribution < -0.4 is 5.32 Å². The first-order chi connectivity index (χ1) is 12.6. The van der Waals surface area contributed by atoms with Crippen LogP contribution in [0.3, 0.4) is 0 Å². The summed E-state index contributed by atoms with van der Waals surface area (Å²) < 4.78 is 0. The highest BCUT2D eigenvalue weighted by Crippen LogP contribution is 2.20. The predicted octanol–water partition coefficient (Wildman–Crippen LogP) is 5.02. The maximum absolute atomic E-state index is 12.3. The molecule has 0 aliphatic carbocycles. The van der Waals surface area contributed by atoms with Crippen LogP contribution in [0.1, 0.15) is 21.5 Å². The molecule has 0 aliphatic rings. The summed E-state index contributed by atoms with van der Waals surface area (Å²) in [6.07, 6.45) is 3.98. The van der Waals surface area contributed by atoms with Crippen LogP contribution in [-0.2, 0) is 0 Å². The molecule has 5 heteroatoms. The van der Waals surface area contributed by atoms with Gasteiger partial charge < -0.3 is 5.32 Å². The normalized spacial score (nSPS) is 10.6. The average molecular weight is 344 g/mol. The van der Waals surface area contributed by atoms with E-state index in [1.54, 1.807) is 18.2 Å². The lowest BCUT2D eigenvalue weighted by Crippen LogP contribution is -2.13. The van der Waals surface area contributed by atoms with Crippen molar-refractivity contribution in [3.63, 3.8) is 0 Å². The van der Waals surface area contributed by atoms with Crippen molar-refractivity contribution in [1.29, 1.82) is 0 Å². The van der Waals surface area contributed by atoms with Crippen molar-refractivity contribution in [2.45, 2.75) is 0 Å². The second-order valence-corrected chi connectivity index (χ2v) is 5.59. The number of nitro groups is 1. The fraction of sp³-hybridized carbons (Fsp3) is 0. The Balaban J connectivity index is 1.71. The number of rotatable bonds is 5. The first-order valence-electron chi connectivity index (χ1n) is 8.01. The van der Waals surface area contributed by atoms with Gasteiger partial charge in [0.25, 0.3) is 11.6 Å². The summed E-state index contributed by atoms with van der Waals surface area (Å²) in [6, 6.07) is 23.1. The van der Waals surface area contributed by atoms with Crippen LogP contribution in [0.4, 0.5) is 11.4 Å². The molecule has 0 saturated heterocycles. The molecular formula is C21H16N2O3. The molecule has 0 unspecified atom stereocenters. The van der Waals surface area contributed by atoms with Gasteiger partial charge in [-0.1, -0.05) is 66.7 Å². The van der Waals surface area contributed by atoms with Crippen LogP contribution in [0.15, 0.2) is 78.9 Å². The lowest BCUT2D eigenvalue weighted by molar-refractivity contribution is -0.385. The molecule has 0 aromatic heterocycles. The lowest BCUT2D eigenvalue weighted by atomic mass is 10.1. The molecule has 3 rings (SSSR count). The Labute approximate surface area is 150 Å². The number of nitrogens with one attached hydrogen (secondary N) is 1. The van der Waals surface area contributed by atoms with Gasteiger partial charge in [0.15, 0.2) is 0 Å². The first-order valence-corrected chi connectivity index (χ1v) is 8.01. The third-order valence-electron chi connectivity index (χ3n) is 3.78. The van der Waals surface area contributed by atoms with E-state index in [1.165, 1.54) is 18.2 Å². The van der Waals surface area contributed by atoms with Crippen LogP contribution in [0.5, 0.6) is 0 Å². The van der Waals surface area contributed by atoms with Gasteiger partial charge in [-0.15, -0.1) is 0 Å². The number of nitrogens with zero attached hydrogens (tertiary/aromatic N) is 1. The Kier molecular flexibility index (Phi) is 5.19. The SMILES string of the molecule is O=C(Nc1ccc(/C=C\c2ccccc2)cc1)c1ccccc1[N+](=O)[O-]. The molecule has 0 fully saturated rings. The number of hydrogen-bond donors (Lipinski definition) is 1. The largest absolute Gasteiger partial charge is 0.322 e. The van der Waals surface area contributed by atoms with Crippen molar-refractivity contribution in [1.82, 2.24) is 0 Å². The van der Waals surface area contributed by atoms with E-state index in [2.05, 4.69) is 5.32 Å². The number of carbonyl (C=O) groups excluding carboxylic acids is 1. The maximum Gasteiger partial charge on any atom is 0.282 e. The smallest absolute Gasteiger partial charge is 0.282 e. The van der Waals surface area contributed by atoms with Crippen LogP contribution in [0.25, 0.3) is 12.2 Å². The van der Waals surface area contributed by atoms with E-state index in [-0.39, 0.29) is 11.3 Å². The molecule has 0 atom stereocenters. The van der Waals surface area contributed by atoms with E-state index < -0.39 is 10.8 Å². The molecule has 0 saturated carbocycles. The third-order valence-corrected chi connectivity index (χ3v) is 3.78. The van der Waals surface area contributed by atoms with E-state index in [1.807, 2.05) is 54.6 Å². The zero-order chi connectivity index (χ0) is 18.4. The number of benzene rings is 3. The van der Waals surface area contributed by atoms with Gasteiger partial charge in [0, 0.05) is 11.8 Å². The Bertz CT molecular complexity index is 949. The van der Waals surface area contributed by atoms with Gasteiger partial charge in [0.1, 0.15) is 5.56 Å². The molecule has 0 radical (unpaired) electrons. The van der Waals surface area contributed by atoms with Crippen LogP contribution in [-0.4, -0.2) is 10.8 Å². The standard InChI is InChI=1S/C21H16N2O3/c24-21(19-8-4-5-9-20(19)23(25)26)22-18-14-12-17(13-15-18)11-10-16-6-2-1-3-7-16/h1-15H,(H,22,24)/b11-10-. The number of anilines is 1. The zero-order valence-corrected chi connectivity index (χ0v) is 13.8. The molecule has 128 valence electrons. The summed E-state index contributed by atoms with van der Waals surface area (Å²) in [5.41, 5.74) is 2.47. The second kappa shape index (κ2) is 7.90. The van der Waals surface area contributed by atoms with Crippen molar-refractivity contribution in [3.8, 4) is 0 Å². The van der Waals surface area contributed by atoms with Gasteiger partial charge in [-0.05, 0) is 29.3 Å². The lowest BCUT2D eigenvalue weighted by Gasteiger charge is -2.06. The van der Waals surface area contributed by atoms with E-state index in [0.29, 0.717) is 5.69 Å². The zero-order valence-electron chi connectivity index (χ0n) is 13.8. The maximum atomic E-state index is 12.3. The van der Waals surface area contributed by atoms with Gasteiger partial charge in [0.2, 0.25) is 0 Å². The van der Waals surface area contributed by atoms with Crippen LogP contribution in [0, 0.1) is 10.1 Å². The molecule has 3 aromatic rings. The molecule has 5 nitrogen and oxygen atoms in total. The number of amides is 1. The van der Waals surface area contributed by atoms with Crippen molar-refractivity contribution in [2.75, 3.05) is 5.32 Å². The molecule has 26 heavy (non-hydrogen) atoms. The minimum absolute atomic E-state index is 0.0329. The van der Waals surface area contributed by atoms with E-state index in [0.717, 1.165) is 11.1 Å². The minimum atomic E-state index is -0.563. The summed E-state index contributed by atoms with van der Waals surface area (Å²) in [5.74, 6) is -0.509. The van der Waals surface area contributed by atoms with Crippen molar-refractivity contribution >= 4 is 29.4 Å². The molecular weight excluding hydrogens is 328 g/mol. The second-order valence-electron chi connectivity index (χ2n) is 5.59. The number of hydrogen-bond acceptors (Lipinski definition) is 3. The molecule has 3 aromatic carbocycles. The van der Waals surface area contributed by atoms with Crippen LogP contribution >= 0.6 is 0 Å². The predicted molar refractivity (Wildman–Crippen MR) is 103 cm³/mol. The summed E-state index contributed by atoms with van der Waals surface area (Å²) in [4.78, 5) is 22.8. The summed E-state index contributed by atoms with van der Waals surface area (Å²) in [6.45, 7) is 0. The number of nitro benzene ring substituents is 1. The Morgan fingerprint density at radius 3 is 2.04 bits per heavy atom. The van der Waals surface area contributed by atoms with Gasteiger partial charge in [-0.3, -0.25) is 14.9 Å². The Hall–Kier alpha value is -3.73. The quantitative estimate of drug-likeness (QED) is 0.401. The molecule has 0 heterocycles. The molecule has 0 spiro atoms. The van der Waals surface area contributed by atoms with Crippen molar-refractivity contribution in [3.05, 3.63) is 106 Å². The minimum Gasteiger partial charge on any atom is -0.322 e. The average Bonchev–Trinajstić information content (AvgIpc) is 2.68. The highest BCUT2D eigenvalue weighted by molar-refractivity contribution is 6.07. The highest BCUT2D eigenvalue weighted by Gasteiger charge is 2.18. The molecule has 0 aliphatic heterocycles. The fourth-order valence-corrected chi connectivity index (χ4v) is 2.46. The molecule has 1 amide bonds. The number of carbonyl (C=O) groups is 1.